The number of pyridine rings is 1. The molecule has 2 aromatic carbocycles. The summed E-state index contributed by atoms with van der Waals surface area (Å²) in [6.45, 7) is 6.31. The van der Waals surface area contributed by atoms with E-state index >= 15 is 0 Å². The summed E-state index contributed by atoms with van der Waals surface area (Å²) in [5.41, 5.74) is 2.42. The number of halogens is 1. The molecule has 3 aromatic rings. The molecule has 0 bridgehead atoms. The number of aromatic nitrogens is 1. The Balaban J connectivity index is 1.70. The van der Waals surface area contributed by atoms with Gasteiger partial charge in [-0.1, -0.05) is 35.9 Å². The van der Waals surface area contributed by atoms with Crippen LogP contribution < -0.4 is 4.74 Å². The van der Waals surface area contributed by atoms with Crippen molar-refractivity contribution in [3.8, 4) is 22.6 Å². The number of ether oxygens (including phenoxy) is 3. The molecule has 0 N–H and O–H groups in total. The summed E-state index contributed by atoms with van der Waals surface area (Å²) in [7, 11) is 1.23. The zero-order valence-corrected chi connectivity index (χ0v) is 22.1. The molecule has 0 unspecified atom stereocenters. The Labute approximate surface area is 224 Å². The summed E-state index contributed by atoms with van der Waals surface area (Å²) in [6, 6.07) is 11.6. The van der Waals surface area contributed by atoms with Crippen molar-refractivity contribution in [3.63, 3.8) is 0 Å². The van der Waals surface area contributed by atoms with Gasteiger partial charge in [-0.2, -0.15) is 0 Å². The van der Waals surface area contributed by atoms with Crippen LogP contribution in [0.3, 0.4) is 0 Å². The van der Waals surface area contributed by atoms with Crippen molar-refractivity contribution in [3.05, 3.63) is 80.5 Å². The molecule has 0 spiro atoms. The molecule has 198 valence electrons. The van der Waals surface area contributed by atoms with E-state index in [2.05, 4.69) is 4.98 Å². The minimum Gasteiger partial charge on any atom is -0.465 e. The first-order valence-corrected chi connectivity index (χ1v) is 12.1. The van der Waals surface area contributed by atoms with Crippen LogP contribution in [-0.4, -0.2) is 46.1 Å². The van der Waals surface area contributed by atoms with E-state index < -0.39 is 16.5 Å². The van der Waals surface area contributed by atoms with E-state index in [0.29, 0.717) is 30.6 Å². The summed E-state index contributed by atoms with van der Waals surface area (Å²) >= 11 is 6.22. The van der Waals surface area contributed by atoms with Gasteiger partial charge in [0.1, 0.15) is 16.9 Å². The maximum Gasteiger partial charge on any atom is 0.410 e. The number of amides is 1. The lowest BCUT2D eigenvalue weighted by Crippen LogP contribution is -2.39. The summed E-state index contributed by atoms with van der Waals surface area (Å²) in [5, 5.41) is 11.6. The topological polar surface area (TPSA) is 121 Å². The smallest absolute Gasteiger partial charge is 0.410 e. The second kappa shape index (κ2) is 10.7. The zero-order valence-electron chi connectivity index (χ0n) is 21.3. The fourth-order valence-electron chi connectivity index (χ4n) is 4.05. The van der Waals surface area contributed by atoms with E-state index in [1.807, 2.05) is 32.9 Å². The van der Waals surface area contributed by atoms with Crippen molar-refractivity contribution in [2.45, 2.75) is 39.3 Å². The number of esters is 1. The Bertz CT molecular complexity index is 1420. The fourth-order valence-corrected chi connectivity index (χ4v) is 4.29. The zero-order chi connectivity index (χ0) is 27.6. The molecule has 1 amide bonds. The first-order valence-electron chi connectivity index (χ1n) is 11.8. The van der Waals surface area contributed by atoms with Crippen LogP contribution in [-0.2, 0) is 22.4 Å². The van der Waals surface area contributed by atoms with E-state index in [-0.39, 0.29) is 34.0 Å². The van der Waals surface area contributed by atoms with E-state index in [0.717, 1.165) is 11.1 Å². The van der Waals surface area contributed by atoms with Crippen molar-refractivity contribution < 1.29 is 28.7 Å². The largest absolute Gasteiger partial charge is 0.465 e. The number of carbonyl (C=O) groups excluding carboxylic acids is 2. The van der Waals surface area contributed by atoms with Crippen molar-refractivity contribution in [2.75, 3.05) is 13.7 Å². The molecule has 1 aliphatic heterocycles. The maximum atomic E-state index is 12.5. The number of nitrogens with zero attached hydrogens (tertiary/aromatic N) is 3. The van der Waals surface area contributed by atoms with Crippen molar-refractivity contribution in [1.29, 1.82) is 0 Å². The van der Waals surface area contributed by atoms with Crippen LogP contribution in [0, 0.1) is 10.1 Å². The number of rotatable bonds is 5. The van der Waals surface area contributed by atoms with Crippen LogP contribution in [0.4, 0.5) is 10.6 Å². The summed E-state index contributed by atoms with van der Waals surface area (Å²) in [4.78, 5) is 41.3. The number of hydrogen-bond donors (Lipinski definition) is 0. The highest BCUT2D eigenvalue weighted by molar-refractivity contribution is 6.34. The molecule has 0 saturated heterocycles. The van der Waals surface area contributed by atoms with Crippen LogP contribution in [0.2, 0.25) is 5.02 Å². The molecule has 11 heteroatoms. The molecule has 0 aliphatic carbocycles. The van der Waals surface area contributed by atoms with Gasteiger partial charge in [0.2, 0.25) is 0 Å². The van der Waals surface area contributed by atoms with Crippen molar-refractivity contribution in [1.82, 2.24) is 9.88 Å². The second-order valence-corrected chi connectivity index (χ2v) is 10.0. The van der Waals surface area contributed by atoms with Gasteiger partial charge in [0, 0.05) is 24.7 Å². The Hall–Kier alpha value is -4.18. The van der Waals surface area contributed by atoms with Gasteiger partial charge in [0.25, 0.3) is 0 Å². The summed E-state index contributed by atoms with van der Waals surface area (Å²) in [5.74, 6) is -0.743. The highest BCUT2D eigenvalue weighted by Gasteiger charge is 2.27. The standard InChI is InChI=1S/C27H26ClN3O7/c1-27(2,3)38-26(33)30-11-10-16-12-17(8-9-18(16)15-30)19-13-23(31(34)35)29-14-22(19)37-21-7-5-6-20(28)24(21)25(32)36-4/h5-9,12-14H,10-11,15H2,1-4H3. The Morgan fingerprint density at radius 1 is 1.11 bits per heavy atom. The quantitative estimate of drug-likeness (QED) is 0.214. The van der Waals surface area contributed by atoms with Gasteiger partial charge in [-0.25, -0.2) is 9.59 Å². The first-order chi connectivity index (χ1) is 18.0. The number of carbonyl (C=O) groups is 2. The van der Waals surface area contributed by atoms with E-state index in [1.165, 1.54) is 25.4 Å². The maximum absolute atomic E-state index is 12.5. The molecule has 1 aliphatic rings. The van der Waals surface area contributed by atoms with E-state index in [9.17, 15) is 19.7 Å². The molecular formula is C27H26ClN3O7. The third-order valence-electron chi connectivity index (χ3n) is 5.81. The number of methoxy groups -OCH3 is 1. The summed E-state index contributed by atoms with van der Waals surface area (Å²) < 4.78 is 16.4. The third-order valence-corrected chi connectivity index (χ3v) is 6.12. The lowest BCUT2D eigenvalue weighted by molar-refractivity contribution is -0.389. The lowest BCUT2D eigenvalue weighted by Gasteiger charge is -2.31. The van der Waals surface area contributed by atoms with Gasteiger partial charge in [-0.3, -0.25) is 0 Å². The van der Waals surface area contributed by atoms with Gasteiger partial charge < -0.3 is 29.2 Å². The molecule has 0 radical (unpaired) electrons. The molecule has 0 fully saturated rings. The van der Waals surface area contributed by atoms with Crippen LogP contribution in [0.25, 0.3) is 11.1 Å². The normalized spacial score (nSPS) is 12.9. The molecule has 38 heavy (non-hydrogen) atoms. The van der Waals surface area contributed by atoms with Gasteiger partial charge in [0.15, 0.2) is 11.9 Å². The molecule has 1 aromatic heterocycles. The van der Waals surface area contributed by atoms with E-state index in [1.54, 1.807) is 23.1 Å². The first kappa shape index (κ1) is 26.9. The Morgan fingerprint density at radius 2 is 1.87 bits per heavy atom. The molecule has 2 heterocycles. The Morgan fingerprint density at radius 3 is 2.55 bits per heavy atom. The minimum absolute atomic E-state index is 0.0219. The fraction of sp³-hybridized carbons (Fsp3) is 0.296. The van der Waals surface area contributed by atoms with Crippen LogP contribution in [0.15, 0.2) is 48.7 Å². The Kier molecular flexibility index (Phi) is 7.54. The molecular weight excluding hydrogens is 514 g/mol. The second-order valence-electron chi connectivity index (χ2n) is 9.64. The number of benzene rings is 2. The van der Waals surface area contributed by atoms with Crippen LogP contribution in [0.5, 0.6) is 11.5 Å². The number of hydrogen-bond acceptors (Lipinski definition) is 8. The predicted molar refractivity (Wildman–Crippen MR) is 140 cm³/mol. The predicted octanol–water partition coefficient (Wildman–Crippen LogP) is 6.18. The van der Waals surface area contributed by atoms with Crippen molar-refractivity contribution in [2.24, 2.45) is 0 Å². The van der Waals surface area contributed by atoms with Crippen LogP contribution >= 0.6 is 11.6 Å². The SMILES string of the molecule is COC(=O)c1c(Cl)cccc1Oc1cnc([N+](=O)[O-])cc1-c1ccc2c(c1)CCN(C(=O)OC(C)(C)C)C2. The third kappa shape index (κ3) is 5.86. The minimum atomic E-state index is -0.689. The molecule has 0 saturated carbocycles. The monoisotopic (exact) mass is 539 g/mol. The highest BCUT2D eigenvalue weighted by atomic mass is 35.5. The molecule has 0 atom stereocenters. The number of fused-ring (bicyclic) bond motifs is 1. The molecule has 4 rings (SSSR count). The van der Waals surface area contributed by atoms with Gasteiger partial charge in [0.05, 0.1) is 12.1 Å². The average molecular weight is 540 g/mol. The van der Waals surface area contributed by atoms with Crippen molar-refractivity contribution >= 4 is 29.5 Å². The lowest BCUT2D eigenvalue weighted by atomic mass is 9.94. The number of nitro groups is 1. The van der Waals surface area contributed by atoms with Gasteiger partial charge >= 0.3 is 17.9 Å². The van der Waals surface area contributed by atoms with Gasteiger partial charge in [-0.15, -0.1) is 0 Å². The van der Waals surface area contributed by atoms with Crippen LogP contribution in [0.1, 0.15) is 42.3 Å². The van der Waals surface area contributed by atoms with E-state index in [4.69, 9.17) is 25.8 Å². The average Bonchev–Trinajstić information content (AvgIpc) is 2.87. The van der Waals surface area contributed by atoms with Gasteiger partial charge in [-0.05, 0) is 65.9 Å². The highest BCUT2D eigenvalue weighted by Crippen LogP contribution is 2.39. The molecule has 10 nitrogen and oxygen atoms in total. The summed E-state index contributed by atoms with van der Waals surface area (Å²) in [6.07, 6.45) is 1.43.